The third-order valence-corrected chi connectivity index (χ3v) is 6.63. The van der Waals surface area contributed by atoms with Crippen LogP contribution in [0.1, 0.15) is 61.1 Å². The number of hydrogen-bond acceptors (Lipinski definition) is 4. The summed E-state index contributed by atoms with van der Waals surface area (Å²) in [5, 5.41) is 10.9. The maximum Gasteiger partial charge on any atom is 0.120 e. The Morgan fingerprint density at radius 3 is 3.00 bits per heavy atom. The Balaban J connectivity index is 1.45. The Bertz CT molecular complexity index is 675. The molecular weight excluding hydrogens is 284 g/mol. The average molecular weight is 304 g/mol. The number of thiazole rings is 1. The third kappa shape index (κ3) is 1.98. The summed E-state index contributed by atoms with van der Waals surface area (Å²) in [6.07, 6.45) is 11.2. The number of nitrogens with zero attached hydrogens (tertiary/aromatic N) is 2. The van der Waals surface area contributed by atoms with Gasteiger partial charge in [-0.3, -0.25) is 4.40 Å². The highest BCUT2D eigenvalue weighted by Gasteiger charge is 2.42. The molecule has 0 aromatic carbocycles. The maximum absolute atomic E-state index is 10.9. The van der Waals surface area contributed by atoms with E-state index in [1.165, 1.54) is 30.6 Å². The van der Waals surface area contributed by atoms with Crippen molar-refractivity contribution in [3.8, 4) is 0 Å². The summed E-state index contributed by atoms with van der Waals surface area (Å²) in [4.78, 5) is 6.79. The summed E-state index contributed by atoms with van der Waals surface area (Å²) < 4.78 is 8.05. The predicted molar refractivity (Wildman–Crippen MR) is 80.6 cm³/mol. The SMILES string of the molecule is OC(CC1CC2CCC1O2)c1c(C2CC2)sc2cncn12. The molecule has 3 fully saturated rings. The second-order valence-electron chi connectivity index (χ2n) is 6.85. The number of aromatic nitrogens is 2. The first-order valence-corrected chi connectivity index (χ1v) is 8.89. The molecule has 1 aliphatic carbocycles. The number of aliphatic hydroxyl groups excluding tert-OH is 1. The van der Waals surface area contributed by atoms with Gasteiger partial charge in [0.15, 0.2) is 0 Å². The van der Waals surface area contributed by atoms with E-state index in [9.17, 15) is 5.11 Å². The summed E-state index contributed by atoms with van der Waals surface area (Å²) >= 11 is 1.81. The van der Waals surface area contributed by atoms with Gasteiger partial charge >= 0.3 is 0 Å². The number of rotatable bonds is 4. The first-order valence-electron chi connectivity index (χ1n) is 8.08. The molecule has 112 valence electrons. The molecule has 21 heavy (non-hydrogen) atoms. The van der Waals surface area contributed by atoms with Gasteiger partial charge in [-0.15, -0.1) is 11.3 Å². The van der Waals surface area contributed by atoms with Crippen molar-refractivity contribution in [2.24, 2.45) is 5.92 Å². The zero-order valence-electron chi connectivity index (χ0n) is 11.9. The van der Waals surface area contributed by atoms with Gasteiger partial charge in [0, 0.05) is 4.88 Å². The Morgan fingerprint density at radius 1 is 1.38 bits per heavy atom. The van der Waals surface area contributed by atoms with Crippen LogP contribution in [0, 0.1) is 5.92 Å². The number of ether oxygens (including phenoxy) is 1. The van der Waals surface area contributed by atoms with E-state index in [4.69, 9.17) is 4.74 Å². The topological polar surface area (TPSA) is 46.8 Å². The molecule has 2 bridgehead atoms. The molecule has 3 aliphatic rings. The first-order chi connectivity index (χ1) is 10.3. The third-order valence-electron chi connectivity index (χ3n) is 5.35. The highest BCUT2D eigenvalue weighted by Crippen LogP contribution is 2.49. The number of aliphatic hydroxyl groups is 1. The lowest BCUT2D eigenvalue weighted by molar-refractivity contribution is 0.0736. The molecule has 1 N–H and O–H groups in total. The summed E-state index contributed by atoms with van der Waals surface area (Å²) in [5.74, 6) is 1.21. The summed E-state index contributed by atoms with van der Waals surface area (Å²) in [6.45, 7) is 0. The molecule has 1 saturated carbocycles. The lowest BCUT2D eigenvalue weighted by Crippen LogP contribution is -2.20. The van der Waals surface area contributed by atoms with Crippen molar-refractivity contribution >= 4 is 16.2 Å². The molecule has 5 rings (SSSR count). The zero-order valence-corrected chi connectivity index (χ0v) is 12.8. The van der Waals surface area contributed by atoms with Crippen LogP contribution in [0.4, 0.5) is 0 Å². The molecule has 0 amide bonds. The predicted octanol–water partition coefficient (Wildman–Crippen LogP) is 3.26. The van der Waals surface area contributed by atoms with Gasteiger partial charge < -0.3 is 9.84 Å². The van der Waals surface area contributed by atoms with Crippen LogP contribution in [0.2, 0.25) is 0 Å². The van der Waals surface area contributed by atoms with E-state index in [0.717, 1.165) is 23.4 Å². The van der Waals surface area contributed by atoms with Crippen molar-refractivity contribution in [3.63, 3.8) is 0 Å². The molecule has 0 radical (unpaired) electrons. The van der Waals surface area contributed by atoms with Crippen LogP contribution in [0.15, 0.2) is 12.5 Å². The second kappa shape index (κ2) is 4.54. The van der Waals surface area contributed by atoms with Crippen LogP contribution in [0.5, 0.6) is 0 Å². The van der Waals surface area contributed by atoms with E-state index in [2.05, 4.69) is 9.38 Å². The normalized spacial score (nSPS) is 33.1. The number of hydrogen-bond donors (Lipinski definition) is 1. The summed E-state index contributed by atoms with van der Waals surface area (Å²) in [5.41, 5.74) is 1.11. The van der Waals surface area contributed by atoms with Gasteiger partial charge in [-0.2, -0.15) is 0 Å². The van der Waals surface area contributed by atoms with E-state index >= 15 is 0 Å². The second-order valence-corrected chi connectivity index (χ2v) is 7.91. The summed E-state index contributed by atoms with van der Waals surface area (Å²) in [7, 11) is 0. The van der Waals surface area contributed by atoms with E-state index in [0.29, 0.717) is 24.0 Å². The van der Waals surface area contributed by atoms with Gasteiger partial charge in [-0.25, -0.2) is 4.98 Å². The van der Waals surface area contributed by atoms with Crippen LogP contribution >= 0.6 is 11.3 Å². The fourth-order valence-electron chi connectivity index (χ4n) is 4.18. The van der Waals surface area contributed by atoms with Crippen molar-refractivity contribution in [2.45, 2.75) is 62.8 Å². The van der Waals surface area contributed by atoms with E-state index < -0.39 is 0 Å². The molecule has 4 heterocycles. The van der Waals surface area contributed by atoms with Crippen molar-refractivity contribution in [2.75, 3.05) is 0 Å². The van der Waals surface area contributed by atoms with E-state index in [1.807, 2.05) is 23.9 Å². The molecule has 4 nitrogen and oxygen atoms in total. The Labute approximate surface area is 127 Å². The lowest BCUT2D eigenvalue weighted by Gasteiger charge is -2.22. The minimum Gasteiger partial charge on any atom is -0.387 e. The van der Waals surface area contributed by atoms with Gasteiger partial charge in [0.2, 0.25) is 0 Å². The zero-order chi connectivity index (χ0) is 14.0. The maximum atomic E-state index is 10.9. The van der Waals surface area contributed by atoms with Gasteiger partial charge in [0.1, 0.15) is 11.2 Å². The van der Waals surface area contributed by atoms with Crippen LogP contribution in [-0.2, 0) is 4.74 Å². The minimum absolute atomic E-state index is 0.378. The average Bonchev–Trinajstić information content (AvgIpc) is 2.85. The summed E-state index contributed by atoms with van der Waals surface area (Å²) in [6, 6.07) is 0. The highest BCUT2D eigenvalue weighted by molar-refractivity contribution is 7.17. The van der Waals surface area contributed by atoms with Crippen molar-refractivity contribution in [1.29, 1.82) is 0 Å². The van der Waals surface area contributed by atoms with Gasteiger partial charge in [0.25, 0.3) is 0 Å². The molecular formula is C16H20N2O2S. The molecule has 2 aromatic heterocycles. The Kier molecular flexibility index (Phi) is 2.73. The molecule has 2 aliphatic heterocycles. The fraction of sp³-hybridized carbons (Fsp3) is 0.688. The van der Waals surface area contributed by atoms with Crippen LogP contribution in [-0.4, -0.2) is 26.7 Å². The number of imidazole rings is 1. The number of fused-ring (bicyclic) bond motifs is 3. The fourth-order valence-corrected chi connectivity index (χ4v) is 5.50. The van der Waals surface area contributed by atoms with Gasteiger partial charge in [0.05, 0.1) is 30.2 Å². The van der Waals surface area contributed by atoms with Gasteiger partial charge in [-0.1, -0.05) is 0 Å². The van der Waals surface area contributed by atoms with Gasteiger partial charge in [-0.05, 0) is 50.4 Å². The molecule has 0 spiro atoms. The lowest BCUT2D eigenvalue weighted by atomic mass is 9.84. The van der Waals surface area contributed by atoms with Crippen LogP contribution in [0.3, 0.4) is 0 Å². The Hall–Kier alpha value is -0.910. The van der Waals surface area contributed by atoms with Crippen molar-refractivity contribution < 1.29 is 9.84 Å². The highest BCUT2D eigenvalue weighted by atomic mass is 32.1. The minimum atomic E-state index is -0.378. The van der Waals surface area contributed by atoms with Crippen molar-refractivity contribution in [1.82, 2.24) is 9.38 Å². The molecule has 4 atom stereocenters. The van der Waals surface area contributed by atoms with E-state index in [-0.39, 0.29) is 6.10 Å². The van der Waals surface area contributed by atoms with E-state index in [1.54, 1.807) is 0 Å². The largest absolute Gasteiger partial charge is 0.387 e. The van der Waals surface area contributed by atoms with Crippen molar-refractivity contribution in [3.05, 3.63) is 23.1 Å². The molecule has 2 saturated heterocycles. The molecule has 2 aromatic rings. The monoisotopic (exact) mass is 304 g/mol. The molecule has 5 heteroatoms. The molecule has 4 unspecified atom stereocenters. The standard InChI is InChI=1S/C16H20N2O2S/c19-12(6-10-5-11-3-4-13(10)20-11)15-16(9-1-2-9)21-14-7-17-8-18(14)15/h7-13,19H,1-6H2. The Morgan fingerprint density at radius 2 is 2.29 bits per heavy atom. The smallest absolute Gasteiger partial charge is 0.120 e. The van der Waals surface area contributed by atoms with Crippen LogP contribution < -0.4 is 0 Å². The quantitative estimate of drug-likeness (QED) is 0.943. The van der Waals surface area contributed by atoms with Crippen LogP contribution in [0.25, 0.3) is 4.83 Å². The first kappa shape index (κ1) is 12.6.